The summed E-state index contributed by atoms with van der Waals surface area (Å²) in [5, 5.41) is 5.64. The highest BCUT2D eigenvalue weighted by molar-refractivity contribution is 7.89. The van der Waals surface area contributed by atoms with E-state index in [4.69, 9.17) is 0 Å². The third-order valence-electron chi connectivity index (χ3n) is 3.99. The van der Waals surface area contributed by atoms with Gasteiger partial charge >= 0.3 is 6.03 Å². The summed E-state index contributed by atoms with van der Waals surface area (Å²) in [4.78, 5) is 12.4. The van der Waals surface area contributed by atoms with Crippen molar-refractivity contribution in [2.75, 3.05) is 19.4 Å². The van der Waals surface area contributed by atoms with E-state index in [9.17, 15) is 13.2 Å². The van der Waals surface area contributed by atoms with E-state index in [-0.39, 0.29) is 10.9 Å². The quantitative estimate of drug-likeness (QED) is 0.812. The SMILES string of the molecule is CC(C)c1ccccc1NC(=O)NCc1ccc(S(=O)(=O)N(C)C)cc1. The number of anilines is 1. The van der Waals surface area contributed by atoms with Crippen LogP contribution in [0.3, 0.4) is 0 Å². The van der Waals surface area contributed by atoms with Crippen molar-refractivity contribution in [1.29, 1.82) is 0 Å². The lowest BCUT2D eigenvalue weighted by molar-refractivity contribution is 0.251. The number of amides is 2. The lowest BCUT2D eigenvalue weighted by atomic mass is 10.0. The summed E-state index contributed by atoms with van der Waals surface area (Å²) in [7, 11) is -0.465. The van der Waals surface area contributed by atoms with Crippen molar-refractivity contribution >= 4 is 21.7 Å². The number of nitrogens with one attached hydrogen (secondary N) is 2. The Kier molecular flexibility index (Phi) is 6.39. The number of rotatable bonds is 6. The number of nitrogens with zero attached hydrogens (tertiary/aromatic N) is 1. The van der Waals surface area contributed by atoms with Gasteiger partial charge in [-0.25, -0.2) is 17.5 Å². The Bertz CT molecular complexity index is 860. The number of benzene rings is 2. The van der Waals surface area contributed by atoms with Crippen molar-refractivity contribution in [3.8, 4) is 0 Å². The van der Waals surface area contributed by atoms with Gasteiger partial charge in [-0.3, -0.25) is 0 Å². The average molecular weight is 375 g/mol. The molecule has 0 fully saturated rings. The van der Waals surface area contributed by atoms with Gasteiger partial charge in [0, 0.05) is 26.3 Å². The molecule has 26 heavy (non-hydrogen) atoms. The molecular formula is C19H25N3O3S. The summed E-state index contributed by atoms with van der Waals surface area (Å²) in [5.41, 5.74) is 2.67. The molecule has 0 unspecified atom stereocenters. The standard InChI is InChI=1S/C19H25N3O3S/c1-14(2)17-7-5-6-8-18(17)21-19(23)20-13-15-9-11-16(12-10-15)26(24,25)22(3)4/h5-12,14H,13H2,1-4H3,(H2,20,21,23). The second kappa shape index (κ2) is 8.33. The van der Waals surface area contributed by atoms with E-state index in [1.807, 2.05) is 24.3 Å². The molecule has 0 spiro atoms. The Labute approximate surface area is 155 Å². The van der Waals surface area contributed by atoms with Crippen LogP contribution in [0.5, 0.6) is 0 Å². The first kappa shape index (κ1) is 19.9. The van der Waals surface area contributed by atoms with Gasteiger partial charge in [-0.1, -0.05) is 44.2 Å². The van der Waals surface area contributed by atoms with Crippen LogP contribution in [-0.2, 0) is 16.6 Å². The maximum absolute atomic E-state index is 12.2. The number of carbonyl (C=O) groups is 1. The van der Waals surface area contributed by atoms with Crippen molar-refractivity contribution in [3.63, 3.8) is 0 Å². The number of hydrogen-bond acceptors (Lipinski definition) is 3. The van der Waals surface area contributed by atoms with Gasteiger partial charge in [0.15, 0.2) is 0 Å². The Morgan fingerprint density at radius 1 is 1.04 bits per heavy atom. The number of carbonyl (C=O) groups excluding carboxylic acids is 1. The molecule has 0 radical (unpaired) electrons. The summed E-state index contributed by atoms with van der Waals surface area (Å²) in [6, 6.07) is 13.9. The molecule has 0 heterocycles. The van der Waals surface area contributed by atoms with E-state index in [0.29, 0.717) is 12.5 Å². The molecule has 0 aliphatic rings. The molecule has 0 aromatic heterocycles. The highest BCUT2D eigenvalue weighted by Gasteiger charge is 2.16. The monoisotopic (exact) mass is 375 g/mol. The second-order valence-electron chi connectivity index (χ2n) is 6.48. The minimum Gasteiger partial charge on any atom is -0.334 e. The smallest absolute Gasteiger partial charge is 0.319 e. The lowest BCUT2D eigenvalue weighted by Gasteiger charge is -2.14. The van der Waals surface area contributed by atoms with Gasteiger partial charge < -0.3 is 10.6 Å². The highest BCUT2D eigenvalue weighted by atomic mass is 32.2. The fourth-order valence-corrected chi connectivity index (χ4v) is 3.35. The number of urea groups is 1. The minimum absolute atomic E-state index is 0.224. The van der Waals surface area contributed by atoms with Gasteiger partial charge in [-0.2, -0.15) is 0 Å². The van der Waals surface area contributed by atoms with Crippen molar-refractivity contribution in [2.45, 2.75) is 31.2 Å². The molecular weight excluding hydrogens is 350 g/mol. The van der Waals surface area contributed by atoms with E-state index >= 15 is 0 Å². The normalized spacial score (nSPS) is 11.6. The topological polar surface area (TPSA) is 78.5 Å². The van der Waals surface area contributed by atoms with Gasteiger partial charge in [0.05, 0.1) is 4.90 Å². The summed E-state index contributed by atoms with van der Waals surface area (Å²) in [6.07, 6.45) is 0. The van der Waals surface area contributed by atoms with Crippen LogP contribution in [0.15, 0.2) is 53.4 Å². The predicted molar refractivity (Wildman–Crippen MR) is 104 cm³/mol. The average Bonchev–Trinajstić information content (AvgIpc) is 2.60. The van der Waals surface area contributed by atoms with Crippen LogP contribution in [0.1, 0.15) is 30.9 Å². The fourth-order valence-electron chi connectivity index (χ4n) is 2.45. The van der Waals surface area contributed by atoms with Gasteiger partial charge in [0.2, 0.25) is 10.0 Å². The summed E-state index contributed by atoms with van der Waals surface area (Å²) in [5.74, 6) is 0.303. The first-order valence-corrected chi connectivity index (χ1v) is 9.81. The zero-order chi connectivity index (χ0) is 19.3. The Balaban J connectivity index is 1.98. The van der Waals surface area contributed by atoms with E-state index in [0.717, 1.165) is 16.8 Å². The summed E-state index contributed by atoms with van der Waals surface area (Å²) < 4.78 is 25.3. The molecule has 0 saturated carbocycles. The molecule has 0 aliphatic carbocycles. The molecule has 2 aromatic carbocycles. The Hall–Kier alpha value is -2.38. The van der Waals surface area contributed by atoms with Crippen LogP contribution in [-0.4, -0.2) is 32.8 Å². The van der Waals surface area contributed by atoms with Crippen LogP contribution in [0.4, 0.5) is 10.5 Å². The Morgan fingerprint density at radius 2 is 1.65 bits per heavy atom. The summed E-state index contributed by atoms with van der Waals surface area (Å²) in [6.45, 7) is 4.45. The predicted octanol–water partition coefficient (Wildman–Crippen LogP) is 3.38. The summed E-state index contributed by atoms with van der Waals surface area (Å²) >= 11 is 0. The van der Waals surface area contributed by atoms with E-state index in [2.05, 4.69) is 24.5 Å². The number of para-hydroxylation sites is 1. The molecule has 140 valence electrons. The molecule has 6 nitrogen and oxygen atoms in total. The first-order valence-electron chi connectivity index (χ1n) is 8.37. The molecule has 2 amide bonds. The van der Waals surface area contributed by atoms with Crippen molar-refractivity contribution in [1.82, 2.24) is 9.62 Å². The van der Waals surface area contributed by atoms with Crippen LogP contribution in [0.25, 0.3) is 0 Å². The van der Waals surface area contributed by atoms with Gasteiger partial charge in [0.1, 0.15) is 0 Å². The van der Waals surface area contributed by atoms with E-state index in [1.165, 1.54) is 30.5 Å². The third-order valence-corrected chi connectivity index (χ3v) is 5.82. The molecule has 0 bridgehead atoms. The van der Waals surface area contributed by atoms with Gasteiger partial charge in [-0.15, -0.1) is 0 Å². The van der Waals surface area contributed by atoms with Crippen LogP contribution in [0.2, 0.25) is 0 Å². The van der Waals surface area contributed by atoms with E-state index < -0.39 is 10.0 Å². The molecule has 7 heteroatoms. The third kappa shape index (κ3) is 4.83. The Morgan fingerprint density at radius 3 is 2.23 bits per heavy atom. The van der Waals surface area contributed by atoms with Crippen molar-refractivity contribution in [3.05, 3.63) is 59.7 Å². The lowest BCUT2D eigenvalue weighted by Crippen LogP contribution is -2.28. The van der Waals surface area contributed by atoms with Crippen LogP contribution >= 0.6 is 0 Å². The number of hydrogen-bond donors (Lipinski definition) is 2. The van der Waals surface area contributed by atoms with Crippen LogP contribution in [0, 0.1) is 0 Å². The molecule has 0 saturated heterocycles. The largest absolute Gasteiger partial charge is 0.334 e. The molecule has 2 N–H and O–H groups in total. The van der Waals surface area contributed by atoms with Gasteiger partial charge in [0.25, 0.3) is 0 Å². The maximum Gasteiger partial charge on any atom is 0.319 e. The minimum atomic E-state index is -3.44. The van der Waals surface area contributed by atoms with Crippen molar-refractivity contribution in [2.24, 2.45) is 0 Å². The zero-order valence-electron chi connectivity index (χ0n) is 15.5. The molecule has 2 aromatic rings. The molecule has 0 aliphatic heterocycles. The highest BCUT2D eigenvalue weighted by Crippen LogP contribution is 2.23. The van der Waals surface area contributed by atoms with Crippen LogP contribution < -0.4 is 10.6 Å². The van der Waals surface area contributed by atoms with E-state index in [1.54, 1.807) is 12.1 Å². The molecule has 0 atom stereocenters. The second-order valence-corrected chi connectivity index (χ2v) is 8.63. The first-order chi connectivity index (χ1) is 12.2. The number of sulfonamides is 1. The maximum atomic E-state index is 12.2. The molecule has 2 rings (SSSR count). The zero-order valence-corrected chi connectivity index (χ0v) is 16.3. The fraction of sp³-hybridized carbons (Fsp3) is 0.316. The van der Waals surface area contributed by atoms with Crippen molar-refractivity contribution < 1.29 is 13.2 Å². The van der Waals surface area contributed by atoms with Gasteiger partial charge in [-0.05, 0) is 35.2 Å².